The van der Waals surface area contributed by atoms with Crippen LogP contribution in [-0.4, -0.2) is 21.7 Å². The average molecular weight is 187 g/mol. The van der Waals surface area contributed by atoms with E-state index in [9.17, 15) is 0 Å². The van der Waals surface area contributed by atoms with Crippen molar-refractivity contribution < 1.29 is 0 Å². The molecule has 0 amide bonds. The first-order valence-electron chi connectivity index (χ1n) is 5.39. The van der Waals surface area contributed by atoms with Crippen LogP contribution in [0.5, 0.6) is 0 Å². The highest BCUT2D eigenvalue weighted by atomic mass is 28.3. The highest BCUT2D eigenvalue weighted by Gasteiger charge is 2.25. The Morgan fingerprint density at radius 3 is 1.83 bits per heavy atom. The largest absolute Gasteiger partial charge is 0.320 e. The third-order valence-corrected chi connectivity index (χ3v) is 9.30. The van der Waals surface area contributed by atoms with Crippen molar-refractivity contribution in [1.29, 1.82) is 0 Å². The van der Waals surface area contributed by atoms with Gasteiger partial charge in [-0.2, -0.15) is 0 Å². The van der Waals surface area contributed by atoms with Crippen LogP contribution in [0, 0.1) is 0 Å². The van der Waals surface area contributed by atoms with Gasteiger partial charge in [0.05, 0.1) is 8.07 Å². The molecule has 0 aromatic heterocycles. The van der Waals surface area contributed by atoms with Crippen LogP contribution in [0.3, 0.4) is 0 Å². The Morgan fingerprint density at radius 1 is 1.00 bits per heavy atom. The second-order valence-corrected chi connectivity index (χ2v) is 9.39. The lowest BCUT2D eigenvalue weighted by atomic mass is 10.5. The number of hydrogen-bond donors (Lipinski definition) is 1. The van der Waals surface area contributed by atoms with Crippen molar-refractivity contribution in [3.8, 4) is 0 Å². The van der Waals surface area contributed by atoms with Crippen molar-refractivity contribution in [2.24, 2.45) is 0 Å². The second kappa shape index (κ2) is 6.67. The van der Waals surface area contributed by atoms with Crippen LogP contribution in [0.1, 0.15) is 27.2 Å². The molecule has 0 bridgehead atoms. The van der Waals surface area contributed by atoms with E-state index in [2.05, 4.69) is 26.1 Å². The van der Waals surface area contributed by atoms with E-state index in [1.54, 1.807) is 0 Å². The molecule has 0 heterocycles. The van der Waals surface area contributed by atoms with Crippen LogP contribution in [0.4, 0.5) is 0 Å². The summed E-state index contributed by atoms with van der Waals surface area (Å²) >= 11 is 0. The van der Waals surface area contributed by atoms with E-state index in [1.165, 1.54) is 37.1 Å². The third-order valence-electron chi connectivity index (χ3n) is 3.38. The van der Waals surface area contributed by atoms with Crippen LogP contribution in [-0.2, 0) is 0 Å². The van der Waals surface area contributed by atoms with Gasteiger partial charge in [0.2, 0.25) is 0 Å². The Morgan fingerprint density at radius 2 is 1.50 bits per heavy atom. The Balaban J connectivity index is 3.76. The van der Waals surface area contributed by atoms with Gasteiger partial charge in [-0.15, -0.1) is 0 Å². The molecule has 1 N–H and O–H groups in total. The summed E-state index contributed by atoms with van der Waals surface area (Å²) in [6.45, 7) is 8.37. The Labute approximate surface area is 79.0 Å². The molecular formula is C10H25NSi. The smallest absolute Gasteiger partial charge is 0.0528 e. The molecule has 2 heteroatoms. The fourth-order valence-corrected chi connectivity index (χ4v) is 5.41. The molecule has 0 radical (unpaired) electrons. The van der Waals surface area contributed by atoms with Gasteiger partial charge in [0.15, 0.2) is 0 Å². The minimum absolute atomic E-state index is 0.795. The minimum Gasteiger partial charge on any atom is -0.320 e. The lowest BCUT2D eigenvalue weighted by molar-refractivity contribution is 0.759. The van der Waals surface area contributed by atoms with Crippen molar-refractivity contribution in [3.05, 3.63) is 0 Å². The molecule has 0 rings (SSSR count). The average Bonchev–Trinajstić information content (AvgIpc) is 2.14. The first-order chi connectivity index (χ1) is 5.74. The van der Waals surface area contributed by atoms with Gasteiger partial charge in [-0.25, -0.2) is 0 Å². The number of hydrogen-bond acceptors (Lipinski definition) is 1. The number of nitrogens with one attached hydrogen (secondary N) is 1. The molecule has 0 aromatic rings. The van der Waals surface area contributed by atoms with Crippen molar-refractivity contribution in [2.45, 2.75) is 51.4 Å². The summed E-state index contributed by atoms with van der Waals surface area (Å²) in [6, 6.07) is 5.95. The zero-order valence-corrected chi connectivity index (χ0v) is 10.2. The second-order valence-electron chi connectivity index (χ2n) is 3.77. The van der Waals surface area contributed by atoms with Gasteiger partial charge in [-0.3, -0.25) is 0 Å². The lowest BCUT2D eigenvalue weighted by Gasteiger charge is -2.27. The quantitative estimate of drug-likeness (QED) is 0.477. The van der Waals surface area contributed by atoms with Crippen molar-refractivity contribution in [2.75, 3.05) is 13.6 Å². The Kier molecular flexibility index (Phi) is 6.77. The number of rotatable bonds is 7. The summed E-state index contributed by atoms with van der Waals surface area (Å²) in [5.41, 5.74) is 0. The molecule has 0 spiro atoms. The molecule has 12 heavy (non-hydrogen) atoms. The zero-order chi connectivity index (χ0) is 9.45. The standard InChI is InChI=1S/C10H25NSi/c1-5-12(6-2,7-3)10-8-9-11-4/h11H,5-10H2,1-4H3. The maximum absolute atomic E-state index is 3.23. The van der Waals surface area contributed by atoms with Crippen molar-refractivity contribution in [3.63, 3.8) is 0 Å². The topological polar surface area (TPSA) is 12.0 Å². The summed E-state index contributed by atoms with van der Waals surface area (Å²) in [7, 11) is 1.25. The summed E-state index contributed by atoms with van der Waals surface area (Å²) < 4.78 is 0. The molecule has 0 unspecified atom stereocenters. The van der Waals surface area contributed by atoms with E-state index in [0.717, 1.165) is 0 Å². The normalized spacial score (nSPS) is 12.0. The fraction of sp³-hybridized carbons (Fsp3) is 1.00. The molecule has 0 aliphatic carbocycles. The highest BCUT2D eigenvalue weighted by molar-refractivity contribution is 6.79. The van der Waals surface area contributed by atoms with Crippen LogP contribution in [0.2, 0.25) is 24.2 Å². The monoisotopic (exact) mass is 187 g/mol. The third kappa shape index (κ3) is 3.72. The van der Waals surface area contributed by atoms with E-state index in [-0.39, 0.29) is 0 Å². The molecule has 0 atom stereocenters. The van der Waals surface area contributed by atoms with Gasteiger partial charge in [-0.05, 0) is 20.0 Å². The van der Waals surface area contributed by atoms with Crippen molar-refractivity contribution >= 4 is 8.07 Å². The molecule has 0 saturated carbocycles. The first-order valence-corrected chi connectivity index (χ1v) is 8.22. The molecule has 0 fully saturated rings. The first kappa shape index (κ1) is 12.2. The Bertz CT molecular complexity index is 91.7. The van der Waals surface area contributed by atoms with E-state index in [4.69, 9.17) is 0 Å². The molecule has 74 valence electrons. The summed E-state index contributed by atoms with van der Waals surface area (Å²) in [4.78, 5) is 0. The predicted molar refractivity (Wildman–Crippen MR) is 60.5 cm³/mol. The van der Waals surface area contributed by atoms with Crippen LogP contribution >= 0.6 is 0 Å². The maximum Gasteiger partial charge on any atom is 0.0528 e. The van der Waals surface area contributed by atoms with Crippen LogP contribution < -0.4 is 5.32 Å². The van der Waals surface area contributed by atoms with Crippen LogP contribution in [0.15, 0.2) is 0 Å². The molecule has 0 aliphatic rings. The lowest BCUT2D eigenvalue weighted by Crippen LogP contribution is -2.31. The van der Waals surface area contributed by atoms with Crippen LogP contribution in [0.25, 0.3) is 0 Å². The highest BCUT2D eigenvalue weighted by Crippen LogP contribution is 2.25. The van der Waals surface area contributed by atoms with Gasteiger partial charge in [0, 0.05) is 0 Å². The van der Waals surface area contributed by atoms with Gasteiger partial charge in [0.1, 0.15) is 0 Å². The van der Waals surface area contributed by atoms with Gasteiger partial charge < -0.3 is 5.32 Å². The maximum atomic E-state index is 3.23. The minimum atomic E-state index is -0.795. The van der Waals surface area contributed by atoms with E-state index in [1.807, 2.05) is 7.05 Å². The van der Waals surface area contributed by atoms with Gasteiger partial charge in [-0.1, -0.05) is 44.9 Å². The molecule has 0 aromatic carbocycles. The SMILES string of the molecule is CC[Si](CC)(CC)CCCNC. The Hall–Kier alpha value is 0.177. The van der Waals surface area contributed by atoms with Crippen molar-refractivity contribution in [1.82, 2.24) is 5.32 Å². The van der Waals surface area contributed by atoms with E-state index >= 15 is 0 Å². The summed E-state index contributed by atoms with van der Waals surface area (Å²) in [5, 5.41) is 3.23. The van der Waals surface area contributed by atoms with Gasteiger partial charge >= 0.3 is 0 Å². The summed E-state index contributed by atoms with van der Waals surface area (Å²) in [6.07, 6.45) is 1.39. The summed E-state index contributed by atoms with van der Waals surface area (Å²) in [5.74, 6) is 0. The zero-order valence-electron chi connectivity index (χ0n) is 9.24. The molecule has 1 nitrogen and oxygen atoms in total. The molecule has 0 saturated heterocycles. The fourth-order valence-electron chi connectivity index (χ4n) is 1.92. The molecule has 0 aliphatic heterocycles. The molecular weight excluding hydrogens is 162 g/mol. The predicted octanol–water partition coefficient (Wildman–Crippen LogP) is 3.10. The van der Waals surface area contributed by atoms with E-state index < -0.39 is 8.07 Å². The van der Waals surface area contributed by atoms with E-state index in [0.29, 0.717) is 0 Å². The van der Waals surface area contributed by atoms with Gasteiger partial charge in [0.25, 0.3) is 0 Å².